The second-order valence-electron chi connectivity index (χ2n) is 6.63. The smallest absolute Gasteiger partial charge is 0.289 e. The zero-order valence-electron chi connectivity index (χ0n) is 14.0. The van der Waals surface area contributed by atoms with E-state index in [1.54, 1.807) is 13.0 Å². The van der Waals surface area contributed by atoms with Crippen molar-refractivity contribution in [3.63, 3.8) is 0 Å². The molecule has 7 nitrogen and oxygen atoms in total. The molecule has 2 N–H and O–H groups in total. The average Bonchev–Trinajstić information content (AvgIpc) is 2.45. The highest BCUT2D eigenvalue weighted by Crippen LogP contribution is 2.31. The number of nitro groups is 1. The Morgan fingerprint density at radius 2 is 2.08 bits per heavy atom. The molecule has 1 aromatic rings. The fourth-order valence-corrected chi connectivity index (χ4v) is 4.46. The summed E-state index contributed by atoms with van der Waals surface area (Å²) in [6.07, 6.45) is 2.07. The van der Waals surface area contributed by atoms with E-state index in [1.807, 2.05) is 0 Å². The van der Waals surface area contributed by atoms with E-state index in [1.165, 1.54) is 12.1 Å². The lowest BCUT2D eigenvalue weighted by Crippen LogP contribution is -2.52. The minimum Gasteiger partial charge on any atom is -0.312 e. The van der Waals surface area contributed by atoms with E-state index in [2.05, 4.69) is 23.9 Å². The van der Waals surface area contributed by atoms with E-state index in [4.69, 9.17) is 0 Å². The van der Waals surface area contributed by atoms with Crippen LogP contribution in [0.15, 0.2) is 23.1 Å². The standard InChI is InChI=1S/C15H23N3O4S.ClH/c1-11-6-4-7-12(18(19)20)14(11)23(21,22)17-10-13-15(2,3)8-5-9-16-13;/h4,6-7,13,16-17H,5,8-10H2,1-3H3;1H. The number of halogens is 1. The van der Waals surface area contributed by atoms with Crippen molar-refractivity contribution in [1.82, 2.24) is 10.0 Å². The molecule has 0 saturated carbocycles. The van der Waals surface area contributed by atoms with Gasteiger partial charge < -0.3 is 5.32 Å². The number of hydrogen-bond acceptors (Lipinski definition) is 5. The fourth-order valence-electron chi connectivity index (χ4n) is 3.01. The molecule has 136 valence electrons. The van der Waals surface area contributed by atoms with Crippen LogP contribution in [0.25, 0.3) is 0 Å². The second-order valence-corrected chi connectivity index (χ2v) is 8.33. The zero-order chi connectivity index (χ0) is 17.3. The molecule has 1 aromatic carbocycles. The molecule has 0 bridgehead atoms. The molecular weight excluding hydrogens is 354 g/mol. The maximum atomic E-state index is 12.6. The molecule has 0 aliphatic carbocycles. The molecule has 1 atom stereocenters. The van der Waals surface area contributed by atoms with Crippen LogP contribution < -0.4 is 10.0 Å². The maximum absolute atomic E-state index is 12.6. The highest BCUT2D eigenvalue weighted by molar-refractivity contribution is 7.89. The minimum absolute atomic E-state index is 0. The van der Waals surface area contributed by atoms with Crippen molar-refractivity contribution < 1.29 is 13.3 Å². The normalized spacial score (nSPS) is 20.2. The topological polar surface area (TPSA) is 101 Å². The van der Waals surface area contributed by atoms with Gasteiger partial charge in [0.2, 0.25) is 10.0 Å². The summed E-state index contributed by atoms with van der Waals surface area (Å²) in [6, 6.07) is 4.25. The Balaban J connectivity index is 0.00000288. The Morgan fingerprint density at radius 1 is 1.42 bits per heavy atom. The van der Waals surface area contributed by atoms with Crippen LogP contribution in [0.1, 0.15) is 32.3 Å². The monoisotopic (exact) mass is 377 g/mol. The molecule has 1 saturated heterocycles. The summed E-state index contributed by atoms with van der Waals surface area (Å²) in [5.41, 5.74) is -0.0609. The van der Waals surface area contributed by atoms with Gasteiger partial charge in [-0.15, -0.1) is 12.4 Å². The number of nitro benzene ring substituents is 1. The molecule has 1 heterocycles. The summed E-state index contributed by atoms with van der Waals surface area (Å²) in [6.45, 7) is 6.80. The lowest BCUT2D eigenvalue weighted by Gasteiger charge is -2.39. The molecule has 0 amide bonds. The van der Waals surface area contributed by atoms with E-state index in [0.717, 1.165) is 19.4 Å². The molecule has 9 heteroatoms. The van der Waals surface area contributed by atoms with Crippen molar-refractivity contribution >= 4 is 28.1 Å². The summed E-state index contributed by atoms with van der Waals surface area (Å²) in [5, 5.41) is 14.5. The van der Waals surface area contributed by atoms with Gasteiger partial charge in [-0.1, -0.05) is 26.0 Å². The van der Waals surface area contributed by atoms with Gasteiger partial charge in [0.1, 0.15) is 0 Å². The van der Waals surface area contributed by atoms with Gasteiger partial charge in [-0.3, -0.25) is 10.1 Å². The third-order valence-corrected chi connectivity index (χ3v) is 6.08. The van der Waals surface area contributed by atoms with Crippen molar-refractivity contribution in [2.75, 3.05) is 13.1 Å². The Morgan fingerprint density at radius 3 is 2.67 bits per heavy atom. The Bertz CT molecular complexity index is 707. The zero-order valence-corrected chi connectivity index (χ0v) is 15.7. The van der Waals surface area contributed by atoms with Crippen molar-refractivity contribution in [3.05, 3.63) is 33.9 Å². The van der Waals surface area contributed by atoms with E-state index in [0.29, 0.717) is 5.56 Å². The van der Waals surface area contributed by atoms with Gasteiger partial charge in [-0.05, 0) is 37.3 Å². The lowest BCUT2D eigenvalue weighted by molar-refractivity contribution is -0.387. The van der Waals surface area contributed by atoms with Gasteiger partial charge >= 0.3 is 0 Å². The third-order valence-electron chi connectivity index (χ3n) is 4.47. The summed E-state index contributed by atoms with van der Waals surface area (Å²) < 4.78 is 27.7. The first-order valence-corrected chi connectivity index (χ1v) is 9.10. The molecule has 0 aromatic heterocycles. The Kier molecular flexibility index (Phi) is 6.75. The number of nitrogens with zero attached hydrogens (tertiary/aromatic N) is 1. The van der Waals surface area contributed by atoms with Gasteiger partial charge in [0.05, 0.1) is 4.92 Å². The number of aryl methyl sites for hydroxylation is 1. The first-order chi connectivity index (χ1) is 10.6. The third kappa shape index (κ3) is 4.44. The van der Waals surface area contributed by atoms with Crippen molar-refractivity contribution in [2.45, 2.75) is 44.6 Å². The molecular formula is C15H24ClN3O4S. The van der Waals surface area contributed by atoms with Gasteiger partial charge in [0.15, 0.2) is 4.90 Å². The molecule has 1 aliphatic heterocycles. The molecule has 24 heavy (non-hydrogen) atoms. The van der Waals surface area contributed by atoms with Crippen LogP contribution in [0, 0.1) is 22.5 Å². The SMILES string of the molecule is Cc1cccc([N+](=O)[O-])c1S(=O)(=O)NCC1NCCCC1(C)C.Cl. The summed E-state index contributed by atoms with van der Waals surface area (Å²) in [7, 11) is -3.95. The molecule has 1 fully saturated rings. The first-order valence-electron chi connectivity index (χ1n) is 7.62. The maximum Gasteiger partial charge on any atom is 0.289 e. The van der Waals surface area contributed by atoms with Crippen LogP contribution >= 0.6 is 12.4 Å². The van der Waals surface area contributed by atoms with Gasteiger partial charge in [0.25, 0.3) is 5.69 Å². The molecule has 2 rings (SSSR count). The van der Waals surface area contributed by atoms with Gasteiger partial charge in [0, 0.05) is 18.7 Å². The second kappa shape index (κ2) is 7.77. The fraction of sp³-hybridized carbons (Fsp3) is 0.600. The van der Waals surface area contributed by atoms with Crippen molar-refractivity contribution in [1.29, 1.82) is 0 Å². The van der Waals surface area contributed by atoms with Crippen LogP contribution in [0.3, 0.4) is 0 Å². The van der Waals surface area contributed by atoms with E-state index >= 15 is 0 Å². The number of nitrogens with one attached hydrogen (secondary N) is 2. The van der Waals surface area contributed by atoms with E-state index in [-0.39, 0.29) is 35.3 Å². The highest BCUT2D eigenvalue weighted by atomic mass is 35.5. The predicted octanol–water partition coefficient (Wildman–Crippen LogP) is 2.38. The van der Waals surface area contributed by atoms with E-state index in [9.17, 15) is 18.5 Å². The molecule has 1 aliphatic rings. The lowest BCUT2D eigenvalue weighted by atomic mass is 9.78. The van der Waals surface area contributed by atoms with E-state index < -0.39 is 20.6 Å². The minimum atomic E-state index is -3.95. The van der Waals surface area contributed by atoms with Crippen LogP contribution in [-0.2, 0) is 10.0 Å². The van der Waals surface area contributed by atoms with Crippen molar-refractivity contribution in [3.8, 4) is 0 Å². The van der Waals surface area contributed by atoms with Gasteiger partial charge in [-0.2, -0.15) is 0 Å². The number of piperidine rings is 1. The van der Waals surface area contributed by atoms with Crippen LogP contribution in [0.4, 0.5) is 5.69 Å². The van der Waals surface area contributed by atoms with Crippen LogP contribution in [0.5, 0.6) is 0 Å². The Hall–Kier alpha value is -1.22. The molecule has 1 unspecified atom stereocenters. The number of rotatable bonds is 5. The summed E-state index contributed by atoms with van der Waals surface area (Å²) in [5.74, 6) is 0. The summed E-state index contributed by atoms with van der Waals surface area (Å²) >= 11 is 0. The first kappa shape index (κ1) is 20.8. The largest absolute Gasteiger partial charge is 0.312 e. The molecule has 0 spiro atoms. The van der Waals surface area contributed by atoms with Crippen LogP contribution in [0.2, 0.25) is 0 Å². The van der Waals surface area contributed by atoms with Crippen LogP contribution in [-0.4, -0.2) is 32.5 Å². The number of sulfonamides is 1. The molecule has 0 radical (unpaired) electrons. The number of benzene rings is 1. The predicted molar refractivity (Wildman–Crippen MR) is 95.1 cm³/mol. The van der Waals surface area contributed by atoms with Crippen molar-refractivity contribution in [2.24, 2.45) is 5.41 Å². The quantitative estimate of drug-likeness (QED) is 0.606. The number of hydrogen-bond donors (Lipinski definition) is 2. The average molecular weight is 378 g/mol. The Labute approximate surface area is 148 Å². The van der Waals surface area contributed by atoms with Gasteiger partial charge in [-0.25, -0.2) is 13.1 Å². The summed E-state index contributed by atoms with van der Waals surface area (Å²) in [4.78, 5) is 10.2. The highest BCUT2D eigenvalue weighted by Gasteiger charge is 2.34.